The molecule has 104 valence electrons. The molecule has 3 nitrogen and oxygen atoms in total. The Balaban J connectivity index is 2.36. The summed E-state index contributed by atoms with van der Waals surface area (Å²) in [4.78, 5) is 0. The van der Waals surface area contributed by atoms with E-state index in [0.717, 1.165) is 25.9 Å². The van der Waals surface area contributed by atoms with Crippen LogP contribution in [0, 0.1) is 0 Å². The lowest BCUT2D eigenvalue weighted by Gasteiger charge is -2.12. The molecular weight excluding hydrogens is 222 g/mol. The quantitative estimate of drug-likeness (QED) is 0.730. The van der Waals surface area contributed by atoms with E-state index in [-0.39, 0.29) is 0 Å². The first-order chi connectivity index (χ1) is 8.71. The maximum Gasteiger partial charge on any atom is 0.0624 e. The Bertz CT molecular complexity index is 330. The summed E-state index contributed by atoms with van der Waals surface area (Å²) in [7, 11) is 0. The average molecular weight is 251 g/mol. The highest BCUT2D eigenvalue weighted by atomic mass is 15.3. The molecule has 3 heteroatoms. The Labute approximate surface area is 112 Å². The van der Waals surface area contributed by atoms with Crippen LogP contribution in [-0.2, 0) is 19.4 Å². The van der Waals surface area contributed by atoms with Crippen molar-refractivity contribution in [1.29, 1.82) is 0 Å². The highest BCUT2D eigenvalue weighted by Crippen LogP contribution is 2.10. The second-order valence-electron chi connectivity index (χ2n) is 5.04. The normalized spacial score (nSPS) is 12.9. The zero-order valence-electron chi connectivity index (χ0n) is 12.5. The fourth-order valence-electron chi connectivity index (χ4n) is 2.24. The molecular formula is C15H29N3. The smallest absolute Gasteiger partial charge is 0.0624 e. The van der Waals surface area contributed by atoms with Crippen molar-refractivity contribution >= 4 is 0 Å². The van der Waals surface area contributed by atoms with Crippen LogP contribution in [0.5, 0.6) is 0 Å². The molecule has 0 aromatic carbocycles. The molecule has 0 saturated heterocycles. The van der Waals surface area contributed by atoms with E-state index in [9.17, 15) is 0 Å². The standard InChI is InChI=1S/C15H29N3/c1-5-11-16-13(4)9-8-10-15-12-14(6-2)17-18(15)7-3/h12-13,16H,5-11H2,1-4H3. The first-order valence-electron chi connectivity index (χ1n) is 7.50. The molecule has 1 atom stereocenters. The van der Waals surface area contributed by atoms with Gasteiger partial charge in [0.05, 0.1) is 5.69 Å². The number of aryl methyl sites for hydroxylation is 3. The number of nitrogens with one attached hydrogen (secondary N) is 1. The third-order valence-corrected chi connectivity index (χ3v) is 3.39. The largest absolute Gasteiger partial charge is 0.314 e. The molecule has 0 aliphatic carbocycles. The van der Waals surface area contributed by atoms with Gasteiger partial charge in [-0.25, -0.2) is 0 Å². The third kappa shape index (κ3) is 4.81. The van der Waals surface area contributed by atoms with Gasteiger partial charge in [0, 0.05) is 18.3 Å². The van der Waals surface area contributed by atoms with E-state index in [1.165, 1.54) is 30.7 Å². The van der Waals surface area contributed by atoms with E-state index in [4.69, 9.17) is 0 Å². The van der Waals surface area contributed by atoms with Gasteiger partial charge in [-0.3, -0.25) is 4.68 Å². The summed E-state index contributed by atoms with van der Waals surface area (Å²) in [5.74, 6) is 0. The van der Waals surface area contributed by atoms with Gasteiger partial charge in [-0.2, -0.15) is 5.10 Å². The summed E-state index contributed by atoms with van der Waals surface area (Å²) >= 11 is 0. The van der Waals surface area contributed by atoms with Crippen molar-refractivity contribution in [3.63, 3.8) is 0 Å². The van der Waals surface area contributed by atoms with Crippen LogP contribution in [0.25, 0.3) is 0 Å². The molecule has 0 spiro atoms. The van der Waals surface area contributed by atoms with Crippen molar-refractivity contribution < 1.29 is 0 Å². The van der Waals surface area contributed by atoms with Crippen LogP contribution in [0.1, 0.15) is 58.3 Å². The molecule has 1 aromatic heterocycles. The van der Waals surface area contributed by atoms with Crippen molar-refractivity contribution in [2.75, 3.05) is 6.54 Å². The Hall–Kier alpha value is -0.830. The summed E-state index contributed by atoms with van der Waals surface area (Å²) in [5.41, 5.74) is 2.63. The lowest BCUT2D eigenvalue weighted by Crippen LogP contribution is -2.26. The molecule has 0 saturated carbocycles. The first kappa shape index (κ1) is 15.2. The molecule has 1 aromatic rings. The molecule has 0 amide bonds. The van der Waals surface area contributed by atoms with Crippen LogP contribution in [0.3, 0.4) is 0 Å². The van der Waals surface area contributed by atoms with Crippen molar-refractivity contribution in [1.82, 2.24) is 15.1 Å². The van der Waals surface area contributed by atoms with E-state index in [1.54, 1.807) is 0 Å². The van der Waals surface area contributed by atoms with E-state index < -0.39 is 0 Å². The fraction of sp³-hybridized carbons (Fsp3) is 0.800. The Morgan fingerprint density at radius 2 is 2.11 bits per heavy atom. The Morgan fingerprint density at radius 1 is 1.33 bits per heavy atom. The van der Waals surface area contributed by atoms with Gasteiger partial charge in [0.2, 0.25) is 0 Å². The Kier molecular flexibility index (Phi) is 7.02. The summed E-state index contributed by atoms with van der Waals surface area (Å²) in [6.45, 7) is 11.0. The SMILES string of the molecule is CCCNC(C)CCCc1cc(CC)nn1CC. The second kappa shape index (κ2) is 8.30. The van der Waals surface area contributed by atoms with Gasteiger partial charge in [0.25, 0.3) is 0 Å². The molecule has 1 N–H and O–H groups in total. The maximum atomic E-state index is 4.60. The van der Waals surface area contributed by atoms with E-state index >= 15 is 0 Å². The summed E-state index contributed by atoms with van der Waals surface area (Å²) in [6, 6.07) is 2.90. The highest BCUT2D eigenvalue weighted by Gasteiger charge is 2.06. The van der Waals surface area contributed by atoms with Gasteiger partial charge in [-0.05, 0) is 58.6 Å². The minimum atomic E-state index is 0.633. The van der Waals surface area contributed by atoms with Crippen molar-refractivity contribution in [2.45, 2.75) is 72.4 Å². The highest BCUT2D eigenvalue weighted by molar-refractivity contribution is 5.10. The zero-order chi connectivity index (χ0) is 13.4. The van der Waals surface area contributed by atoms with E-state index in [2.05, 4.69) is 48.9 Å². The lowest BCUT2D eigenvalue weighted by atomic mass is 10.1. The maximum absolute atomic E-state index is 4.60. The predicted octanol–water partition coefficient (Wildman–Crippen LogP) is 3.18. The molecule has 0 bridgehead atoms. The second-order valence-corrected chi connectivity index (χ2v) is 5.04. The zero-order valence-corrected chi connectivity index (χ0v) is 12.5. The fourth-order valence-corrected chi connectivity index (χ4v) is 2.24. The number of aromatic nitrogens is 2. The van der Waals surface area contributed by atoms with Crippen LogP contribution < -0.4 is 5.32 Å². The third-order valence-electron chi connectivity index (χ3n) is 3.39. The van der Waals surface area contributed by atoms with Crippen LogP contribution in [0.15, 0.2) is 6.07 Å². The van der Waals surface area contributed by atoms with Gasteiger partial charge in [-0.15, -0.1) is 0 Å². The van der Waals surface area contributed by atoms with Gasteiger partial charge in [0.1, 0.15) is 0 Å². The van der Waals surface area contributed by atoms with Crippen LogP contribution in [0.4, 0.5) is 0 Å². The molecule has 1 heterocycles. The molecule has 0 aliphatic heterocycles. The van der Waals surface area contributed by atoms with E-state index in [1.807, 2.05) is 0 Å². The predicted molar refractivity (Wildman–Crippen MR) is 78.0 cm³/mol. The first-order valence-corrected chi connectivity index (χ1v) is 7.50. The lowest BCUT2D eigenvalue weighted by molar-refractivity contribution is 0.491. The molecule has 1 rings (SSSR count). The molecule has 0 radical (unpaired) electrons. The molecule has 1 unspecified atom stereocenters. The number of hydrogen-bond acceptors (Lipinski definition) is 2. The summed E-state index contributed by atoms with van der Waals surface area (Å²) in [6.07, 6.45) is 5.89. The van der Waals surface area contributed by atoms with Crippen LogP contribution >= 0.6 is 0 Å². The Morgan fingerprint density at radius 3 is 2.72 bits per heavy atom. The van der Waals surface area contributed by atoms with Crippen molar-refractivity contribution in [3.8, 4) is 0 Å². The van der Waals surface area contributed by atoms with Gasteiger partial charge < -0.3 is 5.32 Å². The molecule has 0 fully saturated rings. The van der Waals surface area contributed by atoms with Gasteiger partial charge in [0.15, 0.2) is 0 Å². The minimum Gasteiger partial charge on any atom is -0.314 e. The number of rotatable bonds is 9. The van der Waals surface area contributed by atoms with Crippen molar-refractivity contribution in [2.24, 2.45) is 0 Å². The van der Waals surface area contributed by atoms with Crippen LogP contribution in [-0.4, -0.2) is 22.4 Å². The number of nitrogens with zero attached hydrogens (tertiary/aromatic N) is 2. The van der Waals surface area contributed by atoms with Crippen molar-refractivity contribution in [3.05, 3.63) is 17.5 Å². The average Bonchev–Trinajstić information content (AvgIpc) is 2.79. The summed E-state index contributed by atoms with van der Waals surface area (Å²) < 4.78 is 2.16. The van der Waals surface area contributed by atoms with E-state index in [0.29, 0.717) is 6.04 Å². The van der Waals surface area contributed by atoms with Gasteiger partial charge >= 0.3 is 0 Å². The summed E-state index contributed by atoms with van der Waals surface area (Å²) in [5, 5.41) is 8.14. The number of hydrogen-bond donors (Lipinski definition) is 1. The monoisotopic (exact) mass is 251 g/mol. The molecule has 18 heavy (non-hydrogen) atoms. The van der Waals surface area contributed by atoms with Gasteiger partial charge in [-0.1, -0.05) is 13.8 Å². The van der Waals surface area contributed by atoms with Crippen LogP contribution in [0.2, 0.25) is 0 Å². The molecule has 0 aliphatic rings. The topological polar surface area (TPSA) is 29.9 Å². The minimum absolute atomic E-state index is 0.633.